The van der Waals surface area contributed by atoms with Gasteiger partial charge in [0, 0.05) is 43.3 Å². The van der Waals surface area contributed by atoms with E-state index in [4.69, 9.17) is 0 Å². The van der Waals surface area contributed by atoms with Crippen LogP contribution in [0.4, 0.5) is 5.69 Å². The fourth-order valence-electron chi connectivity index (χ4n) is 2.89. The van der Waals surface area contributed by atoms with E-state index in [1.807, 2.05) is 25.1 Å². The molecule has 25 heavy (non-hydrogen) atoms. The zero-order valence-electron chi connectivity index (χ0n) is 15.4. The average molecular weight is 523 g/mol. The Kier molecular flexibility index (Phi) is 8.67. The van der Waals surface area contributed by atoms with E-state index >= 15 is 0 Å². The molecule has 1 fully saturated rings. The summed E-state index contributed by atoms with van der Waals surface area (Å²) >= 11 is 3.43. The summed E-state index contributed by atoms with van der Waals surface area (Å²) in [5.41, 5.74) is 2.23. The summed E-state index contributed by atoms with van der Waals surface area (Å²) < 4.78 is 1.01. The molecule has 1 aliphatic heterocycles. The normalized spacial score (nSPS) is 16.4. The number of hydrogen-bond donors (Lipinski definition) is 2. The third kappa shape index (κ3) is 6.77. The van der Waals surface area contributed by atoms with Crippen molar-refractivity contribution in [2.24, 2.45) is 10.4 Å². The fraction of sp³-hybridized carbons (Fsp3) is 0.556. The van der Waals surface area contributed by atoms with Gasteiger partial charge in [0.25, 0.3) is 0 Å². The Morgan fingerprint density at radius 1 is 1.40 bits per heavy atom. The van der Waals surface area contributed by atoms with Gasteiger partial charge >= 0.3 is 0 Å². The highest BCUT2D eigenvalue weighted by Crippen LogP contribution is 2.28. The van der Waals surface area contributed by atoms with Crippen LogP contribution in [-0.4, -0.2) is 43.4 Å². The molecule has 2 rings (SSSR count). The maximum absolute atomic E-state index is 12.1. The van der Waals surface area contributed by atoms with E-state index in [0.29, 0.717) is 18.4 Å². The van der Waals surface area contributed by atoms with Crippen molar-refractivity contribution in [1.82, 2.24) is 10.2 Å². The fourth-order valence-corrected chi connectivity index (χ4v) is 3.37. The highest BCUT2D eigenvalue weighted by Gasteiger charge is 2.30. The SMILES string of the molecule is CN=C(NCCC(=O)Nc1ccc(Br)cc1C)N1CCC(C)(C)C1.I. The molecule has 2 N–H and O–H groups in total. The predicted octanol–water partition coefficient (Wildman–Crippen LogP) is 4.01. The van der Waals surface area contributed by atoms with Crippen LogP contribution in [0.3, 0.4) is 0 Å². The molecule has 1 aromatic carbocycles. The Morgan fingerprint density at radius 2 is 2.12 bits per heavy atom. The summed E-state index contributed by atoms with van der Waals surface area (Å²) in [4.78, 5) is 18.7. The van der Waals surface area contributed by atoms with Crippen LogP contribution in [0.1, 0.15) is 32.3 Å². The maximum atomic E-state index is 12.1. The first-order valence-corrected chi connectivity index (χ1v) is 9.12. The predicted molar refractivity (Wildman–Crippen MR) is 119 cm³/mol. The molecule has 0 atom stereocenters. The Bertz CT molecular complexity index is 634. The van der Waals surface area contributed by atoms with Gasteiger partial charge in [-0.05, 0) is 42.5 Å². The Morgan fingerprint density at radius 3 is 2.68 bits per heavy atom. The van der Waals surface area contributed by atoms with Crippen LogP contribution in [0.5, 0.6) is 0 Å². The molecule has 1 saturated heterocycles. The number of amides is 1. The third-order valence-corrected chi connectivity index (χ3v) is 4.78. The van der Waals surface area contributed by atoms with Gasteiger partial charge in [0.15, 0.2) is 5.96 Å². The number of aliphatic imine (C=N–C) groups is 1. The summed E-state index contributed by atoms with van der Waals surface area (Å²) in [6.45, 7) is 9.11. The van der Waals surface area contributed by atoms with Crippen molar-refractivity contribution in [3.63, 3.8) is 0 Å². The number of nitrogens with zero attached hydrogens (tertiary/aromatic N) is 2. The van der Waals surface area contributed by atoms with Gasteiger partial charge in [-0.1, -0.05) is 29.8 Å². The number of hydrogen-bond acceptors (Lipinski definition) is 2. The second kappa shape index (κ2) is 9.75. The number of likely N-dealkylation sites (tertiary alicyclic amines) is 1. The van der Waals surface area contributed by atoms with Gasteiger partial charge in [0.1, 0.15) is 0 Å². The summed E-state index contributed by atoms with van der Waals surface area (Å²) in [6, 6.07) is 5.83. The second-order valence-electron chi connectivity index (χ2n) is 7.07. The van der Waals surface area contributed by atoms with Crippen LogP contribution in [0.2, 0.25) is 0 Å². The highest BCUT2D eigenvalue weighted by molar-refractivity contribution is 14.0. The largest absolute Gasteiger partial charge is 0.356 e. The van der Waals surface area contributed by atoms with Crippen LogP contribution >= 0.6 is 39.9 Å². The van der Waals surface area contributed by atoms with Gasteiger partial charge in [-0.2, -0.15) is 0 Å². The van der Waals surface area contributed by atoms with Gasteiger partial charge < -0.3 is 15.5 Å². The Balaban J connectivity index is 0.00000312. The topological polar surface area (TPSA) is 56.7 Å². The summed E-state index contributed by atoms with van der Waals surface area (Å²) in [5.74, 6) is 0.887. The minimum Gasteiger partial charge on any atom is -0.356 e. The lowest BCUT2D eigenvalue weighted by Crippen LogP contribution is -2.41. The molecule has 1 aromatic rings. The van der Waals surface area contributed by atoms with Crippen molar-refractivity contribution in [3.8, 4) is 0 Å². The van der Waals surface area contributed by atoms with E-state index in [1.54, 1.807) is 7.05 Å². The lowest BCUT2D eigenvalue weighted by molar-refractivity contribution is -0.116. The monoisotopic (exact) mass is 522 g/mol. The van der Waals surface area contributed by atoms with Gasteiger partial charge in [-0.3, -0.25) is 9.79 Å². The average Bonchev–Trinajstić information content (AvgIpc) is 2.86. The quantitative estimate of drug-likeness (QED) is 0.357. The van der Waals surface area contributed by atoms with Gasteiger partial charge in [0.2, 0.25) is 5.91 Å². The third-order valence-electron chi connectivity index (χ3n) is 4.29. The van der Waals surface area contributed by atoms with Crippen molar-refractivity contribution in [2.45, 2.75) is 33.6 Å². The minimum absolute atomic E-state index is 0. The molecule has 0 aliphatic carbocycles. The molecule has 1 aliphatic rings. The van der Waals surface area contributed by atoms with Crippen molar-refractivity contribution in [2.75, 3.05) is 32.0 Å². The lowest BCUT2D eigenvalue weighted by Gasteiger charge is -2.23. The summed E-state index contributed by atoms with van der Waals surface area (Å²) in [6.07, 6.45) is 1.57. The molecular weight excluding hydrogens is 495 g/mol. The number of guanidine groups is 1. The number of benzene rings is 1. The van der Waals surface area contributed by atoms with E-state index in [0.717, 1.165) is 41.2 Å². The number of halogens is 2. The summed E-state index contributed by atoms with van der Waals surface area (Å²) in [7, 11) is 1.79. The smallest absolute Gasteiger partial charge is 0.226 e. The Hall–Kier alpha value is -0.830. The molecule has 0 bridgehead atoms. The first-order chi connectivity index (χ1) is 11.3. The van der Waals surface area contributed by atoms with Crippen molar-refractivity contribution >= 4 is 57.5 Å². The van der Waals surface area contributed by atoms with E-state index in [2.05, 4.69) is 50.3 Å². The minimum atomic E-state index is 0. The number of rotatable bonds is 4. The number of carbonyl (C=O) groups excluding carboxylic acids is 1. The highest BCUT2D eigenvalue weighted by atomic mass is 127. The van der Waals surface area contributed by atoms with Crippen molar-refractivity contribution < 1.29 is 4.79 Å². The molecule has 0 spiro atoms. The van der Waals surface area contributed by atoms with E-state index in [-0.39, 0.29) is 29.9 Å². The van der Waals surface area contributed by atoms with Crippen LogP contribution in [0.25, 0.3) is 0 Å². The molecule has 1 heterocycles. The number of nitrogens with one attached hydrogen (secondary N) is 2. The van der Waals surface area contributed by atoms with Crippen LogP contribution < -0.4 is 10.6 Å². The Labute approximate surface area is 176 Å². The second-order valence-corrected chi connectivity index (χ2v) is 7.98. The van der Waals surface area contributed by atoms with E-state index < -0.39 is 0 Å². The van der Waals surface area contributed by atoms with Crippen LogP contribution in [0.15, 0.2) is 27.7 Å². The molecule has 0 radical (unpaired) electrons. The zero-order chi connectivity index (χ0) is 17.7. The number of carbonyl (C=O) groups is 1. The summed E-state index contributed by atoms with van der Waals surface area (Å²) in [5, 5.41) is 6.26. The van der Waals surface area contributed by atoms with Gasteiger partial charge in [-0.15, -0.1) is 24.0 Å². The molecule has 7 heteroatoms. The van der Waals surface area contributed by atoms with Crippen molar-refractivity contribution in [1.29, 1.82) is 0 Å². The molecule has 0 aromatic heterocycles. The first-order valence-electron chi connectivity index (χ1n) is 8.32. The number of anilines is 1. The lowest BCUT2D eigenvalue weighted by atomic mass is 9.93. The molecule has 140 valence electrons. The van der Waals surface area contributed by atoms with E-state index in [1.165, 1.54) is 0 Å². The van der Waals surface area contributed by atoms with E-state index in [9.17, 15) is 4.79 Å². The van der Waals surface area contributed by atoms with Crippen molar-refractivity contribution in [3.05, 3.63) is 28.2 Å². The maximum Gasteiger partial charge on any atom is 0.226 e. The van der Waals surface area contributed by atoms with Gasteiger partial charge in [-0.25, -0.2) is 0 Å². The van der Waals surface area contributed by atoms with Crippen LogP contribution in [0, 0.1) is 12.3 Å². The van der Waals surface area contributed by atoms with Gasteiger partial charge in [0.05, 0.1) is 0 Å². The molecule has 5 nitrogen and oxygen atoms in total. The molecule has 0 saturated carbocycles. The molecule has 1 amide bonds. The molecular formula is C18H28BrIN4O. The van der Waals surface area contributed by atoms with Crippen LogP contribution in [-0.2, 0) is 4.79 Å². The standard InChI is InChI=1S/C18H27BrN4O.HI/c1-13-11-14(19)5-6-15(13)22-16(24)7-9-21-17(20-4)23-10-8-18(2,3)12-23;/h5-6,11H,7-10,12H2,1-4H3,(H,20,21)(H,22,24);1H. The molecule has 0 unspecified atom stereocenters. The number of aryl methyl sites for hydroxylation is 1. The zero-order valence-corrected chi connectivity index (χ0v) is 19.3. The first kappa shape index (κ1) is 22.2.